The number of fused-ring (bicyclic) bond motifs is 1. The third kappa shape index (κ3) is 10.9. The van der Waals surface area contributed by atoms with E-state index in [4.69, 9.17) is 9.90 Å². The van der Waals surface area contributed by atoms with E-state index in [1.165, 1.54) is 23.0 Å². The number of nitrogens with one attached hydrogen (secondary N) is 3. The first-order valence-electron chi connectivity index (χ1n) is 16.9. The molecule has 5 rings (SSSR count). The highest BCUT2D eigenvalue weighted by atomic mass is 19.4. The molecule has 1 aliphatic rings. The SMILES string of the molecule is CCc1cc(Nc2nccn3c(-c4cn(CC(F)F)nc4C(F)(F)F)cnc23)ccc1C(=O)NCCCCC[N+](C)(CC(=O)O)CC1CNC1.O=C[O-]. The van der Waals surface area contributed by atoms with Crippen LogP contribution in [0.5, 0.6) is 0 Å². The van der Waals surface area contributed by atoms with Crippen molar-refractivity contribution in [3.05, 3.63) is 59.8 Å². The normalized spacial score (nSPS) is 14.3. The smallest absolute Gasteiger partial charge is 0.435 e. The molecule has 1 saturated heterocycles. The molecule has 0 aliphatic carbocycles. The first kappa shape index (κ1) is 40.6. The summed E-state index contributed by atoms with van der Waals surface area (Å²) < 4.78 is 69.7. The van der Waals surface area contributed by atoms with Crippen LogP contribution < -0.4 is 21.1 Å². The van der Waals surface area contributed by atoms with Crippen molar-refractivity contribution >= 4 is 35.5 Å². The highest BCUT2D eigenvalue weighted by Gasteiger charge is 2.39. The van der Waals surface area contributed by atoms with Crippen molar-refractivity contribution in [2.45, 2.75) is 51.8 Å². The lowest BCUT2D eigenvalue weighted by Crippen LogP contribution is -2.57. The summed E-state index contributed by atoms with van der Waals surface area (Å²) in [6, 6.07) is 5.17. The number of rotatable bonds is 17. The number of quaternary nitrogens is 1. The molecule has 14 nitrogen and oxygen atoms in total. The van der Waals surface area contributed by atoms with Gasteiger partial charge in [0.1, 0.15) is 6.54 Å². The fraction of sp³-hybridized carbons (Fsp3) is 0.471. The van der Waals surface area contributed by atoms with E-state index in [2.05, 4.69) is 31.0 Å². The molecule has 0 radical (unpaired) electrons. The van der Waals surface area contributed by atoms with Crippen LogP contribution in [0, 0.1) is 5.92 Å². The number of benzene rings is 1. The maximum absolute atomic E-state index is 13.8. The summed E-state index contributed by atoms with van der Waals surface area (Å²) in [5, 5.41) is 30.3. The standard InChI is InChI=1S/C33H40F5N9O3.CH2O2/c1-3-22-13-23(7-8-24(22)32(50)41-9-5-4-6-12-47(2,20-28(48)49)19-21-14-39-15-21)43-30-31-42-16-26(46(31)11-10-40-30)25-17-45(18-27(34)35)44-29(25)33(36,37)38;2-1-3/h7-8,10-11,13,16-17,21,27,39H,3-6,9,12,14-15,18-20H2,1-2H3,(H2-,40,41,43,48,49,50);1H,(H,2,3). The number of nitrogens with zero attached hydrogens (tertiary/aromatic N) is 6. The minimum atomic E-state index is -4.89. The molecule has 4 aromatic rings. The van der Waals surface area contributed by atoms with Gasteiger partial charge in [0.2, 0.25) is 0 Å². The molecule has 0 bridgehead atoms. The number of aromatic nitrogens is 5. The fourth-order valence-electron chi connectivity index (χ4n) is 6.34. The zero-order valence-corrected chi connectivity index (χ0v) is 29.2. The van der Waals surface area contributed by atoms with Crippen LogP contribution in [0.1, 0.15) is 47.8 Å². The van der Waals surface area contributed by atoms with E-state index in [1.54, 1.807) is 18.2 Å². The van der Waals surface area contributed by atoms with Gasteiger partial charge in [0.25, 0.3) is 12.3 Å². The second-order valence-corrected chi connectivity index (χ2v) is 13.0. The molecule has 1 unspecified atom stereocenters. The Labute approximate surface area is 301 Å². The topological polar surface area (TPSA) is 179 Å². The van der Waals surface area contributed by atoms with Crippen molar-refractivity contribution in [3.8, 4) is 11.3 Å². The quantitative estimate of drug-likeness (QED) is 0.0542. The van der Waals surface area contributed by atoms with Gasteiger partial charge in [-0.05, 0) is 49.4 Å². The maximum atomic E-state index is 13.8. The van der Waals surface area contributed by atoms with Crippen molar-refractivity contribution in [2.75, 3.05) is 51.6 Å². The predicted molar refractivity (Wildman–Crippen MR) is 181 cm³/mol. The van der Waals surface area contributed by atoms with Gasteiger partial charge in [-0.1, -0.05) is 6.92 Å². The summed E-state index contributed by atoms with van der Waals surface area (Å²) in [7, 11) is 1.99. The van der Waals surface area contributed by atoms with Crippen LogP contribution in [0.2, 0.25) is 0 Å². The van der Waals surface area contributed by atoms with E-state index in [0.717, 1.165) is 57.2 Å². The molecule has 4 heterocycles. The van der Waals surface area contributed by atoms with Gasteiger partial charge in [0.05, 0.1) is 37.6 Å². The van der Waals surface area contributed by atoms with Crippen LogP contribution in [0.4, 0.5) is 33.5 Å². The first-order chi connectivity index (χ1) is 25.2. The third-order valence-corrected chi connectivity index (χ3v) is 8.80. The van der Waals surface area contributed by atoms with Gasteiger partial charge < -0.3 is 35.4 Å². The summed E-state index contributed by atoms with van der Waals surface area (Å²) in [5.74, 6) is -0.295. The molecule has 1 fully saturated rings. The van der Waals surface area contributed by atoms with E-state index in [1.807, 2.05) is 14.0 Å². The van der Waals surface area contributed by atoms with Crippen molar-refractivity contribution in [1.29, 1.82) is 0 Å². The largest absolute Gasteiger partial charge is 0.554 e. The Hall–Kier alpha value is -5.17. The Morgan fingerprint density at radius 1 is 1.19 bits per heavy atom. The number of aliphatic carboxylic acids is 1. The summed E-state index contributed by atoms with van der Waals surface area (Å²) in [6.45, 7) is 4.42. The van der Waals surface area contributed by atoms with Gasteiger partial charge in [-0.15, -0.1) is 0 Å². The minimum Gasteiger partial charge on any atom is -0.554 e. The zero-order valence-electron chi connectivity index (χ0n) is 29.2. The van der Waals surface area contributed by atoms with Crippen molar-refractivity contribution in [1.82, 2.24) is 34.8 Å². The Morgan fingerprint density at radius 3 is 2.55 bits per heavy atom. The van der Waals surface area contributed by atoms with Gasteiger partial charge >= 0.3 is 12.1 Å². The van der Waals surface area contributed by atoms with E-state index in [0.29, 0.717) is 39.3 Å². The number of carboxylic acid groups (broad SMARTS) is 2. The number of aryl methyl sites for hydroxylation is 1. The summed E-state index contributed by atoms with van der Waals surface area (Å²) in [6.07, 6.45) is 0.144. The average molecular weight is 752 g/mol. The number of hydrogen-bond donors (Lipinski definition) is 4. The highest BCUT2D eigenvalue weighted by Crippen LogP contribution is 2.37. The molecular formula is C34H42F5N9O5. The molecule has 0 spiro atoms. The molecule has 1 amide bonds. The van der Waals surface area contributed by atoms with E-state index in [9.17, 15) is 36.6 Å². The summed E-state index contributed by atoms with van der Waals surface area (Å²) in [5.41, 5.74) is 0.333. The predicted octanol–water partition coefficient (Wildman–Crippen LogP) is 3.20. The lowest BCUT2D eigenvalue weighted by atomic mass is 10.0. The number of alkyl halides is 5. The molecule has 19 heteroatoms. The first-order valence-corrected chi connectivity index (χ1v) is 16.9. The molecule has 288 valence electrons. The summed E-state index contributed by atoms with van der Waals surface area (Å²) in [4.78, 5) is 41.3. The Kier molecular flexibility index (Phi) is 13.8. The highest BCUT2D eigenvalue weighted by molar-refractivity contribution is 5.96. The van der Waals surface area contributed by atoms with Crippen LogP contribution >= 0.6 is 0 Å². The third-order valence-electron chi connectivity index (χ3n) is 8.80. The molecule has 1 aliphatic heterocycles. The number of carboxylic acids is 1. The lowest BCUT2D eigenvalue weighted by molar-refractivity contribution is -0.906. The molecule has 1 aromatic carbocycles. The van der Waals surface area contributed by atoms with Gasteiger partial charge in [0.15, 0.2) is 23.7 Å². The Balaban J connectivity index is 0.00000202. The monoisotopic (exact) mass is 751 g/mol. The van der Waals surface area contributed by atoms with Crippen LogP contribution in [0.15, 0.2) is 43.0 Å². The fourth-order valence-corrected chi connectivity index (χ4v) is 6.34. The minimum absolute atomic E-state index is 0.000816. The maximum Gasteiger partial charge on any atom is 0.435 e. The zero-order chi connectivity index (χ0) is 38.8. The number of carbonyl (C=O) groups excluding carboxylic acids is 2. The molecule has 0 saturated carbocycles. The number of likely N-dealkylation sites (N-methyl/N-ethyl adjacent to an activating group) is 1. The number of unbranched alkanes of at least 4 members (excludes halogenated alkanes) is 2. The number of carbonyl (C=O) groups is 3. The molecule has 1 atom stereocenters. The van der Waals surface area contributed by atoms with Crippen molar-refractivity contribution in [2.24, 2.45) is 5.92 Å². The van der Waals surface area contributed by atoms with Crippen LogP contribution in [0.3, 0.4) is 0 Å². The van der Waals surface area contributed by atoms with Gasteiger partial charge in [-0.25, -0.2) is 23.5 Å². The van der Waals surface area contributed by atoms with E-state index < -0.39 is 42.8 Å². The van der Waals surface area contributed by atoms with Crippen LogP contribution in [-0.4, -0.2) is 105 Å². The van der Waals surface area contributed by atoms with Gasteiger partial charge in [0, 0.05) is 61.9 Å². The van der Waals surface area contributed by atoms with Crippen LogP contribution in [0.25, 0.3) is 16.9 Å². The van der Waals surface area contributed by atoms with Gasteiger partial charge in [-0.2, -0.15) is 18.3 Å². The Morgan fingerprint density at radius 2 is 1.92 bits per heavy atom. The molecule has 53 heavy (non-hydrogen) atoms. The van der Waals surface area contributed by atoms with Gasteiger partial charge in [-0.3, -0.25) is 13.9 Å². The lowest BCUT2D eigenvalue weighted by Gasteiger charge is -2.39. The number of imidazole rings is 1. The van der Waals surface area contributed by atoms with Crippen molar-refractivity contribution in [3.63, 3.8) is 0 Å². The number of halogens is 5. The molecule has 4 N–H and O–H groups in total. The van der Waals surface area contributed by atoms with Crippen LogP contribution in [-0.2, 0) is 28.7 Å². The molecular weight excluding hydrogens is 709 g/mol. The van der Waals surface area contributed by atoms with E-state index >= 15 is 0 Å². The Bertz CT molecular complexity index is 1860. The average Bonchev–Trinajstić information content (AvgIpc) is 3.69. The van der Waals surface area contributed by atoms with E-state index in [-0.39, 0.29) is 29.6 Å². The number of anilines is 2. The second kappa shape index (κ2) is 18.0. The van der Waals surface area contributed by atoms with Crippen molar-refractivity contribution < 1.29 is 51.0 Å². The number of amides is 1. The summed E-state index contributed by atoms with van der Waals surface area (Å²) >= 11 is 0. The molecule has 3 aromatic heterocycles. The number of hydrogen-bond acceptors (Lipinski definition) is 9. The second-order valence-electron chi connectivity index (χ2n) is 13.0.